The molecule has 0 saturated carbocycles. The van der Waals surface area contributed by atoms with Crippen molar-refractivity contribution in [2.24, 2.45) is 11.1 Å². The molecule has 0 unspecified atom stereocenters. The van der Waals surface area contributed by atoms with Gasteiger partial charge in [-0.2, -0.15) is 0 Å². The van der Waals surface area contributed by atoms with E-state index < -0.39 is 5.41 Å². The normalized spacial score (nSPS) is 11.4. The second-order valence-corrected chi connectivity index (χ2v) is 5.37. The van der Waals surface area contributed by atoms with Crippen LogP contribution in [-0.4, -0.2) is 24.6 Å². The fraction of sp³-hybridized carbons (Fsp3) is 0.562. The van der Waals surface area contributed by atoms with Crippen LogP contribution in [0.2, 0.25) is 0 Å². The average molecular weight is 278 g/mol. The first-order valence-corrected chi connectivity index (χ1v) is 7.28. The van der Waals surface area contributed by atoms with Gasteiger partial charge in [0.25, 0.3) is 0 Å². The lowest BCUT2D eigenvalue weighted by Crippen LogP contribution is -2.47. The minimum atomic E-state index is -0.496. The molecule has 1 aromatic carbocycles. The van der Waals surface area contributed by atoms with Gasteiger partial charge < -0.3 is 15.7 Å². The van der Waals surface area contributed by atoms with E-state index in [1.807, 2.05) is 6.07 Å². The highest BCUT2D eigenvalue weighted by atomic mass is 16.3. The quantitative estimate of drug-likeness (QED) is 0.806. The predicted molar refractivity (Wildman–Crippen MR) is 82.8 cm³/mol. The summed E-state index contributed by atoms with van der Waals surface area (Å²) >= 11 is 0. The summed E-state index contributed by atoms with van der Waals surface area (Å²) in [5.41, 5.74) is 6.13. The number of phenols is 1. The van der Waals surface area contributed by atoms with Crippen LogP contribution < -0.4 is 10.6 Å². The van der Waals surface area contributed by atoms with Crippen molar-refractivity contribution in [2.75, 3.05) is 18.5 Å². The maximum atomic E-state index is 12.9. The number of anilines is 1. The molecule has 1 rings (SSSR count). The molecule has 0 atom stereocenters. The number of nitrogens with two attached hydrogens (primary N) is 1. The Morgan fingerprint density at radius 1 is 1.30 bits per heavy atom. The maximum Gasteiger partial charge on any atom is 0.234 e. The first-order valence-electron chi connectivity index (χ1n) is 7.28. The van der Waals surface area contributed by atoms with Crippen LogP contribution in [0.1, 0.15) is 39.5 Å². The molecule has 20 heavy (non-hydrogen) atoms. The predicted octanol–water partition coefficient (Wildman–Crippen LogP) is 2.90. The van der Waals surface area contributed by atoms with Crippen LogP contribution in [0, 0.1) is 5.41 Å². The summed E-state index contributed by atoms with van der Waals surface area (Å²) in [7, 11) is 1.74. The van der Waals surface area contributed by atoms with Crippen molar-refractivity contribution in [3.63, 3.8) is 0 Å². The summed E-state index contributed by atoms with van der Waals surface area (Å²) in [6.07, 6.45) is 3.44. The fourth-order valence-electron chi connectivity index (χ4n) is 2.76. The number of rotatable bonds is 7. The van der Waals surface area contributed by atoms with Crippen LogP contribution in [0.5, 0.6) is 5.75 Å². The number of amides is 1. The van der Waals surface area contributed by atoms with Crippen LogP contribution in [-0.2, 0) is 4.79 Å². The molecular formula is C16H26N2O2. The first-order chi connectivity index (χ1) is 9.50. The Hall–Kier alpha value is -1.55. The van der Waals surface area contributed by atoms with E-state index in [9.17, 15) is 9.90 Å². The standard InChI is InChI=1S/C16H26N2O2/c1-4-9-16(12-17,10-5-2)15(20)18(3)13-7-6-8-14(19)11-13/h6-8,11,19H,4-5,9-10,12,17H2,1-3H3. The second-order valence-electron chi connectivity index (χ2n) is 5.37. The molecule has 3 N–H and O–H groups in total. The molecule has 0 aromatic heterocycles. The Labute approximate surface area is 121 Å². The van der Waals surface area contributed by atoms with Gasteiger partial charge in [-0.15, -0.1) is 0 Å². The van der Waals surface area contributed by atoms with E-state index in [4.69, 9.17) is 5.73 Å². The largest absolute Gasteiger partial charge is 0.508 e. The van der Waals surface area contributed by atoms with Crippen LogP contribution in [0.25, 0.3) is 0 Å². The summed E-state index contributed by atoms with van der Waals surface area (Å²) in [5, 5.41) is 9.55. The van der Waals surface area contributed by atoms with Crippen molar-refractivity contribution in [3.05, 3.63) is 24.3 Å². The summed E-state index contributed by atoms with van der Waals surface area (Å²) in [6, 6.07) is 6.74. The molecule has 1 amide bonds. The Morgan fingerprint density at radius 2 is 1.90 bits per heavy atom. The van der Waals surface area contributed by atoms with E-state index in [-0.39, 0.29) is 11.7 Å². The van der Waals surface area contributed by atoms with Gasteiger partial charge in [0.2, 0.25) is 5.91 Å². The third kappa shape index (κ3) is 3.51. The molecule has 112 valence electrons. The summed E-state index contributed by atoms with van der Waals surface area (Å²) < 4.78 is 0. The van der Waals surface area contributed by atoms with Crippen molar-refractivity contribution in [2.45, 2.75) is 39.5 Å². The van der Waals surface area contributed by atoms with Gasteiger partial charge in [0.1, 0.15) is 5.75 Å². The van der Waals surface area contributed by atoms with E-state index >= 15 is 0 Å². The number of hydrogen-bond donors (Lipinski definition) is 2. The van der Waals surface area contributed by atoms with Gasteiger partial charge in [0.05, 0.1) is 5.41 Å². The molecule has 0 aliphatic rings. The Kier molecular flexibility index (Phi) is 6.02. The Morgan fingerprint density at radius 3 is 2.35 bits per heavy atom. The maximum absolute atomic E-state index is 12.9. The molecule has 1 aromatic rings. The van der Waals surface area contributed by atoms with Crippen LogP contribution in [0.3, 0.4) is 0 Å². The number of benzene rings is 1. The third-order valence-electron chi connectivity index (χ3n) is 3.82. The smallest absolute Gasteiger partial charge is 0.234 e. The Balaban J connectivity index is 3.05. The van der Waals surface area contributed by atoms with Gasteiger partial charge in [-0.25, -0.2) is 0 Å². The van der Waals surface area contributed by atoms with Crippen molar-refractivity contribution < 1.29 is 9.90 Å². The van der Waals surface area contributed by atoms with Gasteiger partial charge in [0, 0.05) is 25.3 Å². The number of nitrogens with zero attached hydrogens (tertiary/aromatic N) is 1. The lowest BCUT2D eigenvalue weighted by molar-refractivity contribution is -0.128. The van der Waals surface area contributed by atoms with Crippen molar-refractivity contribution in [1.82, 2.24) is 0 Å². The van der Waals surface area contributed by atoms with Gasteiger partial charge in [-0.3, -0.25) is 4.79 Å². The first kappa shape index (κ1) is 16.5. The summed E-state index contributed by atoms with van der Waals surface area (Å²) in [6.45, 7) is 4.50. The molecule has 0 bridgehead atoms. The van der Waals surface area contributed by atoms with Crippen molar-refractivity contribution >= 4 is 11.6 Å². The lowest BCUT2D eigenvalue weighted by atomic mass is 9.78. The molecule has 0 radical (unpaired) electrons. The molecular weight excluding hydrogens is 252 g/mol. The molecule has 0 aliphatic heterocycles. The van der Waals surface area contributed by atoms with E-state index in [0.717, 1.165) is 25.7 Å². The number of carbonyl (C=O) groups is 1. The molecule has 0 saturated heterocycles. The van der Waals surface area contributed by atoms with E-state index in [2.05, 4.69) is 13.8 Å². The highest BCUT2D eigenvalue weighted by molar-refractivity contribution is 5.97. The van der Waals surface area contributed by atoms with Gasteiger partial charge in [-0.1, -0.05) is 32.8 Å². The van der Waals surface area contributed by atoms with E-state index in [1.54, 1.807) is 30.1 Å². The topological polar surface area (TPSA) is 66.6 Å². The number of hydrogen-bond acceptors (Lipinski definition) is 3. The zero-order valence-corrected chi connectivity index (χ0v) is 12.7. The van der Waals surface area contributed by atoms with Crippen LogP contribution in [0.15, 0.2) is 24.3 Å². The van der Waals surface area contributed by atoms with Gasteiger partial charge in [0.15, 0.2) is 0 Å². The van der Waals surface area contributed by atoms with Gasteiger partial charge >= 0.3 is 0 Å². The molecule has 4 nitrogen and oxygen atoms in total. The molecule has 0 fully saturated rings. The van der Waals surface area contributed by atoms with Gasteiger partial charge in [-0.05, 0) is 25.0 Å². The lowest BCUT2D eigenvalue weighted by Gasteiger charge is -2.34. The summed E-state index contributed by atoms with van der Waals surface area (Å²) in [5.74, 6) is 0.195. The van der Waals surface area contributed by atoms with Crippen molar-refractivity contribution in [1.29, 1.82) is 0 Å². The average Bonchev–Trinajstić information content (AvgIpc) is 2.45. The monoisotopic (exact) mass is 278 g/mol. The van der Waals surface area contributed by atoms with E-state index in [1.165, 1.54) is 0 Å². The fourth-order valence-corrected chi connectivity index (χ4v) is 2.76. The Bertz CT molecular complexity index is 440. The molecule has 0 aliphatic carbocycles. The zero-order valence-electron chi connectivity index (χ0n) is 12.7. The van der Waals surface area contributed by atoms with Crippen LogP contribution in [0.4, 0.5) is 5.69 Å². The number of phenolic OH excluding ortho intramolecular Hbond substituents is 1. The van der Waals surface area contributed by atoms with Crippen LogP contribution >= 0.6 is 0 Å². The highest BCUT2D eigenvalue weighted by Crippen LogP contribution is 2.33. The minimum absolute atomic E-state index is 0.0364. The summed E-state index contributed by atoms with van der Waals surface area (Å²) in [4.78, 5) is 14.5. The number of aromatic hydroxyl groups is 1. The molecule has 0 spiro atoms. The molecule has 4 heteroatoms. The third-order valence-corrected chi connectivity index (χ3v) is 3.82. The zero-order chi connectivity index (χ0) is 15.2. The SMILES string of the molecule is CCCC(CN)(CCC)C(=O)N(C)c1cccc(O)c1. The van der Waals surface area contributed by atoms with Crippen molar-refractivity contribution in [3.8, 4) is 5.75 Å². The minimum Gasteiger partial charge on any atom is -0.508 e. The number of carbonyl (C=O) groups excluding carboxylic acids is 1. The highest BCUT2D eigenvalue weighted by Gasteiger charge is 2.37. The second kappa shape index (κ2) is 7.29. The molecule has 0 heterocycles. The van der Waals surface area contributed by atoms with E-state index in [0.29, 0.717) is 12.2 Å².